The summed E-state index contributed by atoms with van der Waals surface area (Å²) in [5.41, 5.74) is 5.38. The van der Waals surface area contributed by atoms with Gasteiger partial charge in [0.05, 0.1) is 13.7 Å². The van der Waals surface area contributed by atoms with E-state index < -0.39 is 0 Å². The van der Waals surface area contributed by atoms with Gasteiger partial charge < -0.3 is 9.47 Å². The van der Waals surface area contributed by atoms with E-state index in [4.69, 9.17) is 9.47 Å². The van der Waals surface area contributed by atoms with Crippen molar-refractivity contribution in [3.8, 4) is 11.5 Å². The van der Waals surface area contributed by atoms with Crippen LogP contribution in [0, 0.1) is 0 Å². The van der Waals surface area contributed by atoms with Crippen molar-refractivity contribution >= 4 is 5.78 Å². The lowest BCUT2D eigenvalue weighted by Gasteiger charge is -2.28. The van der Waals surface area contributed by atoms with Crippen LogP contribution in [0.25, 0.3) is 0 Å². The van der Waals surface area contributed by atoms with Gasteiger partial charge in [0, 0.05) is 25.2 Å². The zero-order valence-corrected chi connectivity index (χ0v) is 20.9. The van der Waals surface area contributed by atoms with E-state index in [1.165, 1.54) is 32.1 Å². The molecule has 2 aliphatic rings. The molecule has 4 nitrogen and oxygen atoms in total. The second-order valence-corrected chi connectivity index (χ2v) is 9.75. The van der Waals surface area contributed by atoms with E-state index in [0.717, 1.165) is 44.8 Å². The molecule has 0 bridgehead atoms. The van der Waals surface area contributed by atoms with Crippen molar-refractivity contribution < 1.29 is 14.3 Å². The normalized spacial score (nSPS) is 17.3. The molecule has 1 aliphatic heterocycles. The molecule has 2 aromatic rings. The van der Waals surface area contributed by atoms with Crippen molar-refractivity contribution in [2.24, 2.45) is 0 Å². The number of Topliss-reactive ketones (excluding diaryl/α,β-unsaturated/α-hetero) is 1. The number of ether oxygens (including phenoxy) is 2. The minimum atomic E-state index is 0.0276. The zero-order valence-electron chi connectivity index (χ0n) is 20.9. The molecule has 4 heteroatoms. The number of methoxy groups -OCH3 is 1. The first-order chi connectivity index (χ1) is 16.6. The van der Waals surface area contributed by atoms with Crippen molar-refractivity contribution in [1.82, 2.24) is 4.90 Å². The Balaban J connectivity index is 1.23. The third kappa shape index (κ3) is 6.50. The van der Waals surface area contributed by atoms with Gasteiger partial charge in [0.2, 0.25) is 0 Å². The number of carbonyl (C=O) groups excluding carboxylic acids is 1. The smallest absolute Gasteiger partial charge is 0.161 e. The SMILES string of the molecule is COc1cc(C(C)=O)ccc1OCCCN1CC=C(Cc2ccccc2C2CCCCC2)CC1. The summed E-state index contributed by atoms with van der Waals surface area (Å²) in [4.78, 5) is 14.1. The maximum Gasteiger partial charge on any atom is 0.161 e. The lowest BCUT2D eigenvalue weighted by Crippen LogP contribution is -2.31. The molecule has 0 atom stereocenters. The first-order valence-corrected chi connectivity index (χ1v) is 12.9. The summed E-state index contributed by atoms with van der Waals surface area (Å²) in [6, 6.07) is 14.5. The Bertz CT molecular complexity index is 990. The Kier molecular flexibility index (Phi) is 8.81. The molecule has 0 amide bonds. The second-order valence-electron chi connectivity index (χ2n) is 9.75. The highest BCUT2D eigenvalue weighted by Crippen LogP contribution is 2.35. The summed E-state index contributed by atoms with van der Waals surface area (Å²) in [5.74, 6) is 2.11. The van der Waals surface area contributed by atoms with E-state index in [9.17, 15) is 4.79 Å². The highest BCUT2D eigenvalue weighted by atomic mass is 16.5. The average Bonchev–Trinajstić information content (AvgIpc) is 2.88. The summed E-state index contributed by atoms with van der Waals surface area (Å²) < 4.78 is 11.3. The van der Waals surface area contributed by atoms with E-state index in [-0.39, 0.29) is 5.78 Å². The molecule has 34 heavy (non-hydrogen) atoms. The van der Waals surface area contributed by atoms with Crippen LogP contribution in [0.4, 0.5) is 0 Å². The monoisotopic (exact) mass is 461 g/mol. The van der Waals surface area contributed by atoms with Crippen LogP contribution in [-0.4, -0.2) is 44.0 Å². The van der Waals surface area contributed by atoms with Gasteiger partial charge in [0.25, 0.3) is 0 Å². The largest absolute Gasteiger partial charge is 0.493 e. The summed E-state index contributed by atoms with van der Waals surface area (Å²) in [5, 5.41) is 0. The van der Waals surface area contributed by atoms with Gasteiger partial charge in [-0.15, -0.1) is 0 Å². The standard InChI is InChI=1S/C30H39NO3/c1-23(32)26-13-14-29(30(22-26)33-2)34-20-8-17-31-18-15-24(16-19-31)21-27-11-6-7-12-28(27)25-9-4-3-5-10-25/h6-7,11-15,22,25H,3-5,8-10,16-21H2,1-2H3. The molecule has 0 spiro atoms. The minimum absolute atomic E-state index is 0.0276. The Morgan fingerprint density at radius 2 is 1.88 bits per heavy atom. The molecule has 2 aromatic carbocycles. The van der Waals surface area contributed by atoms with Crippen molar-refractivity contribution in [3.05, 3.63) is 70.8 Å². The van der Waals surface area contributed by atoms with Crippen molar-refractivity contribution in [1.29, 1.82) is 0 Å². The molecule has 182 valence electrons. The van der Waals surface area contributed by atoms with Crippen LogP contribution in [0.1, 0.15) is 79.3 Å². The highest BCUT2D eigenvalue weighted by Gasteiger charge is 2.19. The van der Waals surface area contributed by atoms with Crippen LogP contribution in [0.15, 0.2) is 54.1 Å². The van der Waals surface area contributed by atoms with Gasteiger partial charge in [-0.2, -0.15) is 0 Å². The highest BCUT2D eigenvalue weighted by molar-refractivity contribution is 5.94. The topological polar surface area (TPSA) is 38.8 Å². The molecular formula is C30H39NO3. The van der Waals surface area contributed by atoms with Crippen LogP contribution in [0.5, 0.6) is 11.5 Å². The van der Waals surface area contributed by atoms with E-state index >= 15 is 0 Å². The summed E-state index contributed by atoms with van der Waals surface area (Å²) in [7, 11) is 1.61. The van der Waals surface area contributed by atoms with Gasteiger partial charge >= 0.3 is 0 Å². The van der Waals surface area contributed by atoms with Gasteiger partial charge in [-0.3, -0.25) is 9.69 Å². The predicted octanol–water partition coefficient (Wildman–Crippen LogP) is 6.59. The number of rotatable bonds is 10. The average molecular weight is 462 g/mol. The fourth-order valence-electron chi connectivity index (χ4n) is 5.34. The molecule has 1 fully saturated rings. The Hall–Kier alpha value is -2.59. The van der Waals surface area contributed by atoms with Crippen LogP contribution >= 0.6 is 0 Å². The van der Waals surface area contributed by atoms with Crippen molar-refractivity contribution in [2.75, 3.05) is 33.4 Å². The molecule has 1 saturated carbocycles. The molecular weight excluding hydrogens is 422 g/mol. The van der Waals surface area contributed by atoms with Crippen molar-refractivity contribution in [3.63, 3.8) is 0 Å². The van der Waals surface area contributed by atoms with Gasteiger partial charge in [0.15, 0.2) is 17.3 Å². The summed E-state index contributed by atoms with van der Waals surface area (Å²) in [6.45, 7) is 5.36. The fourth-order valence-corrected chi connectivity index (χ4v) is 5.34. The van der Waals surface area contributed by atoms with Crippen LogP contribution in [-0.2, 0) is 6.42 Å². The first kappa shape index (κ1) is 24.5. The molecule has 1 heterocycles. The summed E-state index contributed by atoms with van der Waals surface area (Å²) >= 11 is 0. The second kappa shape index (κ2) is 12.2. The van der Waals surface area contributed by atoms with Gasteiger partial charge in [0.1, 0.15) is 0 Å². The number of nitrogens with zero attached hydrogens (tertiary/aromatic N) is 1. The number of carbonyl (C=O) groups is 1. The molecule has 0 saturated heterocycles. The fraction of sp³-hybridized carbons (Fsp3) is 0.500. The Labute approximate surface area is 205 Å². The lowest BCUT2D eigenvalue weighted by molar-refractivity contribution is 0.101. The molecule has 0 radical (unpaired) electrons. The molecule has 1 aliphatic carbocycles. The third-order valence-corrected chi connectivity index (χ3v) is 7.35. The molecule has 0 unspecified atom stereocenters. The van der Waals surface area contributed by atoms with Gasteiger partial charge in [-0.1, -0.05) is 55.2 Å². The van der Waals surface area contributed by atoms with Gasteiger partial charge in [-0.05, 0) is 74.3 Å². The Morgan fingerprint density at radius 3 is 2.62 bits per heavy atom. The van der Waals surface area contributed by atoms with Crippen LogP contribution < -0.4 is 9.47 Å². The zero-order chi connectivity index (χ0) is 23.8. The van der Waals surface area contributed by atoms with E-state index in [0.29, 0.717) is 23.7 Å². The number of hydrogen-bond acceptors (Lipinski definition) is 4. The first-order valence-electron chi connectivity index (χ1n) is 12.9. The maximum atomic E-state index is 11.6. The van der Waals surface area contributed by atoms with Crippen LogP contribution in [0.2, 0.25) is 0 Å². The molecule has 4 rings (SSSR count). The predicted molar refractivity (Wildman–Crippen MR) is 138 cm³/mol. The molecule has 0 aromatic heterocycles. The number of ketones is 1. The number of hydrogen-bond donors (Lipinski definition) is 0. The van der Waals surface area contributed by atoms with E-state index in [1.54, 1.807) is 42.9 Å². The quantitative estimate of drug-likeness (QED) is 0.227. The maximum absolute atomic E-state index is 11.6. The van der Waals surface area contributed by atoms with E-state index in [1.807, 2.05) is 6.07 Å². The molecule has 0 N–H and O–H groups in total. The lowest BCUT2D eigenvalue weighted by atomic mass is 9.81. The van der Waals surface area contributed by atoms with Crippen molar-refractivity contribution in [2.45, 2.75) is 64.2 Å². The van der Waals surface area contributed by atoms with Gasteiger partial charge in [-0.25, -0.2) is 0 Å². The van der Waals surface area contributed by atoms with E-state index in [2.05, 4.69) is 35.2 Å². The Morgan fingerprint density at radius 1 is 1.06 bits per heavy atom. The minimum Gasteiger partial charge on any atom is -0.493 e. The van der Waals surface area contributed by atoms with Crippen LogP contribution in [0.3, 0.4) is 0 Å². The summed E-state index contributed by atoms with van der Waals surface area (Å²) in [6.07, 6.45) is 12.6. The third-order valence-electron chi connectivity index (χ3n) is 7.35. The number of benzene rings is 2.